The Balaban J connectivity index is 2.15. The van der Waals surface area contributed by atoms with E-state index in [1.165, 1.54) is 0 Å². The maximum atomic E-state index is 13.0. The predicted octanol–water partition coefficient (Wildman–Crippen LogP) is 2.96. The van der Waals surface area contributed by atoms with Crippen molar-refractivity contribution in [2.45, 2.75) is 13.8 Å². The first-order valence-electron chi connectivity index (χ1n) is 8.50. The first kappa shape index (κ1) is 16.3. The highest BCUT2D eigenvalue weighted by molar-refractivity contribution is 6.03. The fourth-order valence-corrected chi connectivity index (χ4v) is 3.36. The molecule has 0 unspecified atom stereocenters. The number of rotatable bonds is 2. The summed E-state index contributed by atoms with van der Waals surface area (Å²) in [5.41, 5.74) is 5.19. The third kappa shape index (κ3) is 2.29. The summed E-state index contributed by atoms with van der Waals surface area (Å²) >= 11 is 0. The van der Waals surface area contributed by atoms with Crippen LogP contribution in [-0.2, 0) is 7.05 Å². The van der Waals surface area contributed by atoms with E-state index in [2.05, 4.69) is 16.0 Å². The lowest BCUT2D eigenvalue weighted by molar-refractivity contribution is 0.839. The molecule has 0 aliphatic carbocycles. The van der Waals surface area contributed by atoms with Gasteiger partial charge in [0.1, 0.15) is 5.82 Å². The molecule has 0 saturated carbocycles. The van der Waals surface area contributed by atoms with Crippen LogP contribution in [0, 0.1) is 13.8 Å². The van der Waals surface area contributed by atoms with Crippen molar-refractivity contribution in [1.29, 1.82) is 0 Å². The minimum Gasteiger partial charge on any atom is -0.363 e. The van der Waals surface area contributed by atoms with E-state index in [0.29, 0.717) is 0 Å². The van der Waals surface area contributed by atoms with Gasteiger partial charge in [-0.3, -0.25) is 14.1 Å². The number of benzene rings is 1. The minimum absolute atomic E-state index is 0.0988. The SMILES string of the molecule is Cc1ccc2ncc3c(c2c1)n(-c1ccc(N(C)C)nc1C)c(=O)n3C. The lowest BCUT2D eigenvalue weighted by atomic mass is 10.1. The first-order chi connectivity index (χ1) is 12.4. The molecule has 6 nitrogen and oxygen atoms in total. The summed E-state index contributed by atoms with van der Waals surface area (Å²) in [7, 11) is 5.68. The molecule has 132 valence electrons. The second-order valence-electron chi connectivity index (χ2n) is 6.86. The van der Waals surface area contributed by atoms with Crippen LogP contribution in [0.4, 0.5) is 5.82 Å². The molecule has 3 aromatic heterocycles. The van der Waals surface area contributed by atoms with Gasteiger partial charge in [0.2, 0.25) is 0 Å². The number of anilines is 1. The van der Waals surface area contributed by atoms with Crippen LogP contribution >= 0.6 is 0 Å². The van der Waals surface area contributed by atoms with Crippen LogP contribution in [0.2, 0.25) is 0 Å². The van der Waals surface area contributed by atoms with Crippen LogP contribution in [0.25, 0.3) is 27.6 Å². The normalized spacial score (nSPS) is 11.4. The Bertz CT molecular complexity index is 1220. The smallest absolute Gasteiger partial charge is 0.333 e. The van der Waals surface area contributed by atoms with E-state index < -0.39 is 0 Å². The van der Waals surface area contributed by atoms with Gasteiger partial charge >= 0.3 is 5.69 Å². The molecule has 0 spiro atoms. The lowest BCUT2D eigenvalue weighted by Crippen LogP contribution is -2.22. The second kappa shape index (κ2) is 5.69. The average molecular weight is 347 g/mol. The maximum absolute atomic E-state index is 13.0. The van der Waals surface area contributed by atoms with E-state index in [9.17, 15) is 4.79 Å². The Labute approximate surface area is 151 Å². The van der Waals surface area contributed by atoms with Gasteiger partial charge in [0.15, 0.2) is 0 Å². The largest absolute Gasteiger partial charge is 0.363 e. The van der Waals surface area contributed by atoms with Crippen LogP contribution in [0.1, 0.15) is 11.3 Å². The van der Waals surface area contributed by atoms with E-state index in [0.717, 1.165) is 44.7 Å². The molecule has 0 aliphatic rings. The number of imidazole rings is 1. The highest BCUT2D eigenvalue weighted by atomic mass is 16.1. The van der Waals surface area contributed by atoms with Crippen molar-refractivity contribution in [2.75, 3.05) is 19.0 Å². The number of nitrogens with zero attached hydrogens (tertiary/aromatic N) is 5. The summed E-state index contributed by atoms with van der Waals surface area (Å²) in [4.78, 5) is 24.2. The van der Waals surface area contributed by atoms with Gasteiger partial charge in [0.25, 0.3) is 0 Å². The summed E-state index contributed by atoms with van der Waals surface area (Å²) in [5, 5.41) is 0.969. The fraction of sp³-hybridized carbons (Fsp3) is 0.250. The fourth-order valence-electron chi connectivity index (χ4n) is 3.36. The molecule has 6 heteroatoms. The molecule has 1 aromatic carbocycles. The minimum atomic E-state index is -0.0988. The van der Waals surface area contributed by atoms with E-state index in [4.69, 9.17) is 0 Å². The van der Waals surface area contributed by atoms with Gasteiger partial charge < -0.3 is 4.90 Å². The third-order valence-electron chi connectivity index (χ3n) is 4.78. The van der Waals surface area contributed by atoms with Crippen molar-refractivity contribution in [3.63, 3.8) is 0 Å². The molecule has 0 bridgehead atoms. The molecule has 4 aromatic rings. The molecule has 0 radical (unpaired) electrons. The number of hydrogen-bond donors (Lipinski definition) is 0. The monoisotopic (exact) mass is 347 g/mol. The molecule has 0 saturated heterocycles. The zero-order valence-corrected chi connectivity index (χ0v) is 15.6. The topological polar surface area (TPSA) is 56.0 Å². The molecule has 0 atom stereocenters. The van der Waals surface area contributed by atoms with Crippen LogP contribution < -0.4 is 10.6 Å². The van der Waals surface area contributed by atoms with Gasteiger partial charge in [-0.05, 0) is 38.1 Å². The summed E-state index contributed by atoms with van der Waals surface area (Å²) < 4.78 is 3.39. The van der Waals surface area contributed by atoms with Crippen molar-refractivity contribution >= 4 is 27.8 Å². The highest BCUT2D eigenvalue weighted by Gasteiger charge is 2.18. The van der Waals surface area contributed by atoms with Gasteiger partial charge in [-0.2, -0.15) is 0 Å². The Morgan fingerprint density at radius 3 is 2.54 bits per heavy atom. The molecule has 4 rings (SSSR count). The van der Waals surface area contributed by atoms with E-state index >= 15 is 0 Å². The summed E-state index contributed by atoms with van der Waals surface area (Å²) in [5.74, 6) is 0.863. The number of fused-ring (bicyclic) bond motifs is 3. The van der Waals surface area contributed by atoms with Crippen molar-refractivity contribution in [3.05, 3.63) is 58.3 Å². The standard InChI is InChI=1S/C20H21N5O/c1-12-6-7-15-14(10-12)19-17(11-21-15)24(5)20(26)25(19)16-8-9-18(23(3)4)22-13(16)2/h6-11H,1-5H3. The number of pyridine rings is 2. The van der Waals surface area contributed by atoms with Crippen molar-refractivity contribution in [1.82, 2.24) is 19.1 Å². The molecular weight excluding hydrogens is 326 g/mol. The summed E-state index contributed by atoms with van der Waals surface area (Å²) in [6, 6.07) is 10.00. The summed E-state index contributed by atoms with van der Waals surface area (Å²) in [6.07, 6.45) is 1.77. The molecule has 0 fully saturated rings. The van der Waals surface area contributed by atoms with Gasteiger partial charge in [-0.25, -0.2) is 9.78 Å². The predicted molar refractivity (Wildman–Crippen MR) is 105 cm³/mol. The Morgan fingerprint density at radius 1 is 1.08 bits per heavy atom. The van der Waals surface area contributed by atoms with E-state index in [-0.39, 0.29) is 5.69 Å². The maximum Gasteiger partial charge on any atom is 0.333 e. The Morgan fingerprint density at radius 2 is 1.85 bits per heavy atom. The lowest BCUT2D eigenvalue weighted by Gasteiger charge is -2.14. The third-order valence-corrected chi connectivity index (χ3v) is 4.78. The number of aryl methyl sites for hydroxylation is 3. The van der Waals surface area contributed by atoms with Crippen LogP contribution in [0.3, 0.4) is 0 Å². The van der Waals surface area contributed by atoms with Crippen LogP contribution in [0.15, 0.2) is 41.3 Å². The number of hydrogen-bond acceptors (Lipinski definition) is 4. The summed E-state index contributed by atoms with van der Waals surface area (Å²) in [6.45, 7) is 3.98. The van der Waals surface area contributed by atoms with Crippen molar-refractivity contribution in [2.24, 2.45) is 7.05 Å². The van der Waals surface area contributed by atoms with Gasteiger partial charge in [-0.15, -0.1) is 0 Å². The average Bonchev–Trinajstić information content (AvgIpc) is 2.86. The Hall–Kier alpha value is -3.15. The Kier molecular flexibility index (Phi) is 3.57. The zero-order chi connectivity index (χ0) is 18.6. The van der Waals surface area contributed by atoms with Crippen LogP contribution in [0.5, 0.6) is 0 Å². The van der Waals surface area contributed by atoms with Gasteiger partial charge in [0.05, 0.1) is 34.1 Å². The molecule has 0 aliphatic heterocycles. The van der Waals surface area contributed by atoms with Crippen LogP contribution in [-0.4, -0.2) is 33.2 Å². The number of aromatic nitrogens is 4. The van der Waals surface area contributed by atoms with Gasteiger partial charge in [-0.1, -0.05) is 11.6 Å². The quantitative estimate of drug-likeness (QED) is 0.559. The molecule has 3 heterocycles. The highest BCUT2D eigenvalue weighted by Crippen LogP contribution is 2.27. The molecular formula is C20H21N5O. The molecule has 0 amide bonds. The first-order valence-corrected chi connectivity index (χ1v) is 8.50. The van der Waals surface area contributed by atoms with Gasteiger partial charge in [0, 0.05) is 26.5 Å². The van der Waals surface area contributed by atoms with Crippen molar-refractivity contribution < 1.29 is 0 Å². The van der Waals surface area contributed by atoms with Crippen molar-refractivity contribution in [3.8, 4) is 5.69 Å². The second-order valence-corrected chi connectivity index (χ2v) is 6.86. The van der Waals surface area contributed by atoms with E-state index in [1.54, 1.807) is 22.4 Å². The zero-order valence-electron chi connectivity index (χ0n) is 15.6. The van der Waals surface area contributed by atoms with E-state index in [1.807, 2.05) is 57.1 Å². The molecule has 0 N–H and O–H groups in total. The molecule has 26 heavy (non-hydrogen) atoms.